The number of carbonyl (C=O) groups excluding carboxylic acids is 1. The van der Waals surface area contributed by atoms with Gasteiger partial charge in [0, 0.05) is 19.0 Å². The van der Waals surface area contributed by atoms with Crippen LogP contribution >= 0.6 is 11.9 Å². The van der Waals surface area contributed by atoms with E-state index in [0.717, 1.165) is 10.6 Å². The van der Waals surface area contributed by atoms with Crippen LogP contribution in [-0.2, 0) is 0 Å². The zero-order valence-corrected chi connectivity index (χ0v) is 7.89. The van der Waals surface area contributed by atoms with E-state index in [1.807, 2.05) is 24.3 Å². The summed E-state index contributed by atoms with van der Waals surface area (Å²) < 4.78 is 1.45. The molecule has 5 heteroatoms. The van der Waals surface area contributed by atoms with E-state index in [2.05, 4.69) is 10.7 Å². The average molecular weight is 195 g/mol. The molecule has 1 aliphatic rings. The number of para-hydroxylation sites is 1. The van der Waals surface area contributed by atoms with Crippen LogP contribution in [0, 0.1) is 0 Å². The molecule has 1 aliphatic heterocycles. The molecule has 0 radical (unpaired) electrons. The van der Waals surface area contributed by atoms with Gasteiger partial charge in [0.15, 0.2) is 0 Å². The highest BCUT2D eigenvalue weighted by atomic mass is 32.2. The lowest BCUT2D eigenvalue weighted by molar-refractivity contribution is 0.230. The minimum atomic E-state index is -0.147. The fraction of sp³-hybridized carbons (Fsp3) is 0.125. The summed E-state index contributed by atoms with van der Waals surface area (Å²) >= 11 is 1.38. The summed E-state index contributed by atoms with van der Waals surface area (Å²) in [5.41, 5.74) is 3.64. The zero-order valence-electron chi connectivity index (χ0n) is 7.07. The molecular weight excluding hydrogens is 186 g/mol. The van der Waals surface area contributed by atoms with Gasteiger partial charge in [-0.1, -0.05) is 12.1 Å². The van der Waals surface area contributed by atoms with E-state index in [0.29, 0.717) is 0 Å². The van der Waals surface area contributed by atoms with Gasteiger partial charge in [0.1, 0.15) is 0 Å². The van der Waals surface area contributed by atoms with Crippen molar-refractivity contribution in [3.8, 4) is 0 Å². The van der Waals surface area contributed by atoms with Crippen LogP contribution in [0.25, 0.3) is 0 Å². The van der Waals surface area contributed by atoms with Crippen LogP contribution in [0.1, 0.15) is 0 Å². The van der Waals surface area contributed by atoms with Crippen LogP contribution in [0.2, 0.25) is 0 Å². The van der Waals surface area contributed by atoms with Crippen molar-refractivity contribution < 1.29 is 4.79 Å². The number of anilines is 1. The predicted octanol–water partition coefficient (Wildman–Crippen LogP) is 1.68. The molecule has 1 aromatic rings. The quantitative estimate of drug-likeness (QED) is 0.670. The summed E-state index contributed by atoms with van der Waals surface area (Å²) in [5.74, 6) is 0. The van der Waals surface area contributed by atoms with Gasteiger partial charge in [0.2, 0.25) is 0 Å². The molecule has 0 unspecified atom stereocenters. The van der Waals surface area contributed by atoms with Crippen molar-refractivity contribution in [1.82, 2.24) is 9.84 Å². The third-order valence-corrected chi connectivity index (χ3v) is 2.79. The van der Waals surface area contributed by atoms with Gasteiger partial charge < -0.3 is 5.32 Å². The van der Waals surface area contributed by atoms with E-state index in [1.165, 1.54) is 16.4 Å². The van der Waals surface area contributed by atoms with E-state index < -0.39 is 0 Å². The second-order valence-corrected chi connectivity index (χ2v) is 3.52. The first-order chi connectivity index (χ1) is 6.31. The summed E-state index contributed by atoms with van der Waals surface area (Å²) in [6, 6.07) is 7.54. The maximum atomic E-state index is 11.3. The summed E-state index contributed by atoms with van der Waals surface area (Å²) in [7, 11) is 1.71. The van der Waals surface area contributed by atoms with Crippen LogP contribution in [0.4, 0.5) is 10.5 Å². The van der Waals surface area contributed by atoms with Crippen molar-refractivity contribution in [2.24, 2.45) is 0 Å². The Morgan fingerprint density at radius 1 is 1.46 bits per heavy atom. The predicted molar refractivity (Wildman–Crippen MR) is 52.2 cm³/mol. The number of hydrogen-bond acceptors (Lipinski definition) is 3. The van der Waals surface area contributed by atoms with Crippen molar-refractivity contribution in [3.05, 3.63) is 24.3 Å². The topological polar surface area (TPSA) is 44.4 Å². The fourth-order valence-corrected chi connectivity index (χ4v) is 1.88. The van der Waals surface area contributed by atoms with E-state index in [-0.39, 0.29) is 6.03 Å². The molecule has 0 aromatic heterocycles. The highest BCUT2D eigenvalue weighted by molar-refractivity contribution is 7.97. The van der Waals surface area contributed by atoms with Crippen molar-refractivity contribution in [1.29, 1.82) is 0 Å². The number of fused-ring (bicyclic) bond motifs is 1. The molecule has 2 rings (SSSR count). The number of carbonyl (C=O) groups is 1. The number of benzene rings is 1. The molecular formula is C8H9N3OS. The molecule has 2 N–H and O–H groups in total. The monoisotopic (exact) mass is 195 g/mol. The Kier molecular flexibility index (Phi) is 2.12. The molecule has 0 saturated heterocycles. The Balaban J connectivity index is 2.33. The largest absolute Gasteiger partial charge is 0.347 e. The fourth-order valence-electron chi connectivity index (χ4n) is 1.10. The van der Waals surface area contributed by atoms with Gasteiger partial charge >= 0.3 is 6.03 Å². The first kappa shape index (κ1) is 8.40. The number of hydrogen-bond donors (Lipinski definition) is 2. The molecule has 0 aliphatic carbocycles. The SMILES string of the molecule is CNN1Sc2ccccc2NC1=O. The lowest BCUT2D eigenvalue weighted by atomic mass is 10.3. The third-order valence-electron chi connectivity index (χ3n) is 1.71. The van der Waals surface area contributed by atoms with Crippen LogP contribution in [0.3, 0.4) is 0 Å². The summed E-state index contributed by atoms with van der Waals surface area (Å²) in [4.78, 5) is 12.4. The Morgan fingerprint density at radius 3 is 3.00 bits per heavy atom. The molecule has 0 spiro atoms. The Bertz CT molecular complexity index is 342. The standard InChI is InChI=1S/C8H9N3OS/c1-9-11-8(12)10-6-4-2-3-5-7(6)13-11/h2-5,9H,1H3,(H,10,12). The Hall–Kier alpha value is -1.20. The smallest absolute Gasteiger partial charge is 0.305 e. The first-order valence-corrected chi connectivity index (χ1v) is 4.64. The normalized spacial score (nSPS) is 15.2. The van der Waals surface area contributed by atoms with Crippen LogP contribution in [0.15, 0.2) is 29.2 Å². The van der Waals surface area contributed by atoms with Crippen LogP contribution in [-0.4, -0.2) is 17.5 Å². The highest BCUT2D eigenvalue weighted by Crippen LogP contribution is 2.32. The van der Waals surface area contributed by atoms with E-state index in [1.54, 1.807) is 7.05 Å². The van der Waals surface area contributed by atoms with Gasteiger partial charge in [-0.2, -0.15) is 4.41 Å². The van der Waals surface area contributed by atoms with Crippen molar-refractivity contribution in [3.63, 3.8) is 0 Å². The number of hydrazine groups is 1. The number of nitrogens with one attached hydrogen (secondary N) is 2. The molecule has 68 valence electrons. The molecule has 1 heterocycles. The van der Waals surface area contributed by atoms with Gasteiger partial charge in [-0.3, -0.25) is 0 Å². The molecule has 0 fully saturated rings. The van der Waals surface area contributed by atoms with E-state index in [4.69, 9.17) is 0 Å². The van der Waals surface area contributed by atoms with Gasteiger partial charge in [0.05, 0.1) is 10.6 Å². The number of nitrogens with zero attached hydrogens (tertiary/aromatic N) is 1. The summed E-state index contributed by atoms with van der Waals surface area (Å²) in [6.07, 6.45) is 0. The minimum absolute atomic E-state index is 0.147. The molecule has 1 aromatic carbocycles. The number of rotatable bonds is 1. The van der Waals surface area contributed by atoms with Crippen molar-refractivity contribution in [2.45, 2.75) is 4.90 Å². The maximum absolute atomic E-state index is 11.3. The third kappa shape index (κ3) is 1.48. The summed E-state index contributed by atoms with van der Waals surface area (Å²) in [5, 5.41) is 2.76. The van der Waals surface area contributed by atoms with Gasteiger partial charge in [-0.15, -0.1) is 0 Å². The number of amides is 2. The Morgan fingerprint density at radius 2 is 2.23 bits per heavy atom. The molecule has 4 nitrogen and oxygen atoms in total. The maximum Gasteiger partial charge on any atom is 0.347 e. The second kappa shape index (κ2) is 3.27. The van der Waals surface area contributed by atoms with Gasteiger partial charge in [0.25, 0.3) is 0 Å². The Labute approximate surface area is 80.4 Å². The van der Waals surface area contributed by atoms with Crippen LogP contribution in [0.5, 0.6) is 0 Å². The lowest BCUT2D eigenvalue weighted by Gasteiger charge is -2.26. The van der Waals surface area contributed by atoms with Gasteiger partial charge in [-0.25, -0.2) is 10.2 Å². The van der Waals surface area contributed by atoms with E-state index >= 15 is 0 Å². The van der Waals surface area contributed by atoms with E-state index in [9.17, 15) is 4.79 Å². The van der Waals surface area contributed by atoms with Crippen LogP contribution < -0.4 is 10.7 Å². The average Bonchev–Trinajstić information content (AvgIpc) is 2.17. The molecule has 0 saturated carbocycles. The lowest BCUT2D eigenvalue weighted by Crippen LogP contribution is -2.40. The molecule has 13 heavy (non-hydrogen) atoms. The highest BCUT2D eigenvalue weighted by Gasteiger charge is 2.21. The van der Waals surface area contributed by atoms with Crippen molar-refractivity contribution >= 4 is 23.7 Å². The zero-order chi connectivity index (χ0) is 9.26. The molecule has 0 atom stereocenters. The second-order valence-electron chi connectivity index (χ2n) is 2.54. The minimum Gasteiger partial charge on any atom is -0.305 e. The number of urea groups is 1. The summed E-state index contributed by atoms with van der Waals surface area (Å²) in [6.45, 7) is 0. The molecule has 2 amide bonds. The van der Waals surface area contributed by atoms with Crippen molar-refractivity contribution in [2.75, 3.05) is 12.4 Å². The van der Waals surface area contributed by atoms with Gasteiger partial charge in [-0.05, 0) is 12.1 Å². The molecule has 0 bridgehead atoms. The first-order valence-electron chi connectivity index (χ1n) is 3.87.